The second kappa shape index (κ2) is 10.8. The van der Waals surface area contributed by atoms with E-state index in [0.717, 1.165) is 37.6 Å². The number of hydrogen-bond acceptors (Lipinski definition) is 4. The van der Waals surface area contributed by atoms with Gasteiger partial charge in [-0.1, -0.05) is 19.4 Å². The molecule has 4 rings (SSSR count). The molecule has 0 aliphatic carbocycles. The van der Waals surface area contributed by atoms with E-state index in [9.17, 15) is 0 Å². The predicted octanol–water partition coefficient (Wildman–Crippen LogP) is 4.21. The Balaban J connectivity index is 0.000000187. The van der Waals surface area contributed by atoms with Gasteiger partial charge in [-0.3, -0.25) is 0 Å². The minimum absolute atomic E-state index is 0.644. The molecule has 0 amide bonds. The fourth-order valence-corrected chi connectivity index (χ4v) is 4.19. The maximum atomic E-state index is 4.65. The molecule has 6 heteroatoms. The number of fused-ring (bicyclic) bond motifs is 3. The van der Waals surface area contributed by atoms with Crippen molar-refractivity contribution in [1.82, 2.24) is 23.9 Å². The molecular formula is C25H40N6. The van der Waals surface area contributed by atoms with E-state index in [-0.39, 0.29) is 0 Å². The Morgan fingerprint density at radius 3 is 2.68 bits per heavy atom. The molecule has 0 saturated heterocycles. The number of imidazole rings is 1. The van der Waals surface area contributed by atoms with Gasteiger partial charge in [0, 0.05) is 51.0 Å². The van der Waals surface area contributed by atoms with Gasteiger partial charge in [0.1, 0.15) is 0 Å². The van der Waals surface area contributed by atoms with Crippen LogP contribution < -0.4 is 5.32 Å². The quantitative estimate of drug-likeness (QED) is 0.617. The topological polar surface area (TPSA) is 41.3 Å². The molecule has 0 bridgehead atoms. The van der Waals surface area contributed by atoms with Crippen LogP contribution in [0.4, 0.5) is 5.95 Å². The van der Waals surface area contributed by atoms with E-state index >= 15 is 0 Å². The smallest absolute Gasteiger partial charge is 0.203 e. The van der Waals surface area contributed by atoms with Crippen molar-refractivity contribution in [3.63, 3.8) is 0 Å². The van der Waals surface area contributed by atoms with Gasteiger partial charge in [0.15, 0.2) is 0 Å². The molecule has 1 atom stereocenters. The molecule has 31 heavy (non-hydrogen) atoms. The number of aryl methyl sites for hydroxylation is 2. The number of nitrogens with one attached hydrogen (secondary N) is 1. The first-order valence-electron chi connectivity index (χ1n) is 11.5. The van der Waals surface area contributed by atoms with Gasteiger partial charge in [0.2, 0.25) is 5.95 Å². The van der Waals surface area contributed by atoms with Gasteiger partial charge in [-0.2, -0.15) is 0 Å². The van der Waals surface area contributed by atoms with Crippen LogP contribution in [0.5, 0.6) is 0 Å². The van der Waals surface area contributed by atoms with Crippen LogP contribution in [0.2, 0.25) is 0 Å². The van der Waals surface area contributed by atoms with E-state index in [1.54, 1.807) is 0 Å². The molecule has 1 N–H and O–H groups in total. The molecule has 0 radical (unpaired) electrons. The summed E-state index contributed by atoms with van der Waals surface area (Å²) in [7, 11) is 8.54. The van der Waals surface area contributed by atoms with Crippen molar-refractivity contribution in [1.29, 1.82) is 0 Å². The van der Waals surface area contributed by atoms with Gasteiger partial charge in [-0.25, -0.2) is 4.98 Å². The van der Waals surface area contributed by atoms with E-state index in [2.05, 4.69) is 108 Å². The van der Waals surface area contributed by atoms with E-state index in [4.69, 9.17) is 0 Å². The van der Waals surface area contributed by atoms with Crippen molar-refractivity contribution < 1.29 is 0 Å². The van der Waals surface area contributed by atoms with Crippen LogP contribution in [0.1, 0.15) is 31.0 Å². The monoisotopic (exact) mass is 424 g/mol. The number of unbranched alkanes of at least 4 members (excludes halogenated alkanes) is 1. The molecule has 0 saturated carbocycles. The summed E-state index contributed by atoms with van der Waals surface area (Å²) in [5.41, 5.74) is 5.02. The Kier molecular flexibility index (Phi) is 8.15. The van der Waals surface area contributed by atoms with Crippen molar-refractivity contribution in [2.45, 2.75) is 39.8 Å². The summed E-state index contributed by atoms with van der Waals surface area (Å²) < 4.78 is 4.50. The maximum absolute atomic E-state index is 4.65. The standard InChI is InChI=1S/C14H20N4.C11H20N2/c1-10-4-5-12-13(6-10)18-9-11(8-17(2)3)7-15-14(18)16-12;1-4-5-8-12(2)10-11-7-6-9-13(11)3/h4-6,11H,7-9H2,1-3H3,(H,15,16);6-7,9H,4-5,8,10H2,1-3H3. The van der Waals surface area contributed by atoms with Crippen LogP contribution in [0, 0.1) is 12.8 Å². The normalized spacial score (nSPS) is 15.7. The fourth-order valence-electron chi connectivity index (χ4n) is 4.19. The third-order valence-corrected chi connectivity index (χ3v) is 5.89. The summed E-state index contributed by atoms with van der Waals surface area (Å²) in [6, 6.07) is 10.7. The number of rotatable bonds is 7. The molecule has 1 aliphatic rings. The molecular weight excluding hydrogens is 384 g/mol. The van der Waals surface area contributed by atoms with Crippen LogP contribution >= 0.6 is 0 Å². The first-order valence-corrected chi connectivity index (χ1v) is 11.5. The average molecular weight is 425 g/mol. The number of hydrogen-bond donors (Lipinski definition) is 1. The molecule has 6 nitrogen and oxygen atoms in total. The summed E-state index contributed by atoms with van der Waals surface area (Å²) in [4.78, 5) is 9.27. The first-order chi connectivity index (χ1) is 14.9. The lowest BCUT2D eigenvalue weighted by molar-refractivity contribution is 0.302. The number of benzene rings is 1. The van der Waals surface area contributed by atoms with Gasteiger partial charge in [0.05, 0.1) is 11.0 Å². The lowest BCUT2D eigenvalue weighted by atomic mass is 10.1. The van der Waals surface area contributed by atoms with Crippen LogP contribution in [0.25, 0.3) is 11.0 Å². The zero-order chi connectivity index (χ0) is 22.4. The summed E-state index contributed by atoms with van der Waals surface area (Å²) in [6.07, 6.45) is 4.67. The van der Waals surface area contributed by atoms with Crippen molar-refractivity contribution >= 4 is 17.0 Å². The predicted molar refractivity (Wildman–Crippen MR) is 132 cm³/mol. The second-order valence-corrected chi connectivity index (χ2v) is 9.25. The Bertz CT molecular complexity index is 954. The average Bonchev–Trinajstić information content (AvgIpc) is 3.29. The Morgan fingerprint density at radius 1 is 1.19 bits per heavy atom. The molecule has 1 unspecified atom stereocenters. The molecule has 3 aromatic rings. The minimum atomic E-state index is 0.644. The van der Waals surface area contributed by atoms with Crippen molar-refractivity contribution in [2.24, 2.45) is 13.0 Å². The summed E-state index contributed by atoms with van der Waals surface area (Å²) in [5.74, 6) is 1.66. The fraction of sp³-hybridized carbons (Fsp3) is 0.560. The van der Waals surface area contributed by atoms with E-state index < -0.39 is 0 Å². The van der Waals surface area contributed by atoms with Crippen LogP contribution in [-0.4, -0.2) is 64.7 Å². The summed E-state index contributed by atoms with van der Waals surface area (Å²) >= 11 is 0. The molecule has 3 heterocycles. The van der Waals surface area contributed by atoms with Gasteiger partial charge in [-0.15, -0.1) is 0 Å². The molecule has 1 aromatic carbocycles. The number of anilines is 1. The van der Waals surface area contributed by atoms with Crippen molar-refractivity contribution in [3.05, 3.63) is 47.8 Å². The first kappa shape index (κ1) is 23.4. The Morgan fingerprint density at radius 2 is 2.00 bits per heavy atom. The van der Waals surface area contributed by atoms with Crippen LogP contribution in [0.15, 0.2) is 36.5 Å². The highest BCUT2D eigenvalue weighted by atomic mass is 15.2. The Labute approximate surface area is 187 Å². The summed E-state index contributed by atoms with van der Waals surface area (Å²) in [6.45, 7) is 9.80. The highest BCUT2D eigenvalue weighted by Crippen LogP contribution is 2.25. The van der Waals surface area contributed by atoms with E-state index in [0.29, 0.717) is 5.92 Å². The zero-order valence-electron chi connectivity index (χ0n) is 20.2. The highest BCUT2D eigenvalue weighted by molar-refractivity contribution is 5.79. The highest BCUT2D eigenvalue weighted by Gasteiger charge is 2.21. The molecule has 0 spiro atoms. The van der Waals surface area contributed by atoms with E-state index in [1.165, 1.54) is 36.2 Å². The summed E-state index contributed by atoms with van der Waals surface area (Å²) in [5, 5.41) is 3.45. The Hall–Kier alpha value is -2.31. The van der Waals surface area contributed by atoms with Crippen molar-refractivity contribution in [3.8, 4) is 0 Å². The molecule has 170 valence electrons. The van der Waals surface area contributed by atoms with E-state index in [1.807, 2.05) is 0 Å². The third-order valence-electron chi connectivity index (χ3n) is 5.89. The van der Waals surface area contributed by atoms with Gasteiger partial charge < -0.3 is 24.3 Å². The molecule has 0 fully saturated rings. The van der Waals surface area contributed by atoms with Crippen LogP contribution in [-0.2, 0) is 20.1 Å². The minimum Gasteiger partial charge on any atom is -0.355 e. The number of aromatic nitrogens is 3. The second-order valence-electron chi connectivity index (χ2n) is 9.25. The van der Waals surface area contributed by atoms with Gasteiger partial charge in [0.25, 0.3) is 0 Å². The lowest BCUT2D eigenvalue weighted by Gasteiger charge is -2.27. The lowest BCUT2D eigenvalue weighted by Crippen LogP contribution is -2.34. The number of nitrogens with zero attached hydrogens (tertiary/aromatic N) is 5. The van der Waals surface area contributed by atoms with Gasteiger partial charge in [-0.05, 0) is 70.9 Å². The van der Waals surface area contributed by atoms with Crippen LogP contribution in [0.3, 0.4) is 0 Å². The zero-order valence-corrected chi connectivity index (χ0v) is 20.2. The van der Waals surface area contributed by atoms with Gasteiger partial charge >= 0.3 is 0 Å². The molecule has 2 aromatic heterocycles. The maximum Gasteiger partial charge on any atom is 0.203 e. The largest absolute Gasteiger partial charge is 0.355 e. The van der Waals surface area contributed by atoms with Crippen molar-refractivity contribution in [2.75, 3.05) is 46.1 Å². The SMILES string of the molecule is CCCCN(C)Cc1cccn1C.Cc1ccc2nc3n(c2c1)CC(CN(C)C)CN3. The molecule has 1 aliphatic heterocycles. The third kappa shape index (κ3) is 6.34.